The van der Waals surface area contributed by atoms with Crippen molar-refractivity contribution in [3.05, 3.63) is 35.4 Å². The average molecular weight is 247 g/mol. The highest BCUT2D eigenvalue weighted by molar-refractivity contribution is 8.00. The van der Waals surface area contributed by atoms with E-state index in [1.165, 1.54) is 38.6 Å². The lowest BCUT2D eigenvalue weighted by Crippen LogP contribution is -2.39. The van der Waals surface area contributed by atoms with Gasteiger partial charge in [0.25, 0.3) is 0 Å². The number of hydrogen-bond donors (Lipinski definition) is 1. The zero-order chi connectivity index (χ0) is 11.7. The van der Waals surface area contributed by atoms with Gasteiger partial charge in [0.15, 0.2) is 0 Å². The van der Waals surface area contributed by atoms with Gasteiger partial charge in [-0.25, -0.2) is 0 Å². The Hall–Kier alpha value is -0.470. The zero-order valence-corrected chi connectivity index (χ0v) is 11.4. The number of aryl methyl sites for hydroxylation is 1. The van der Waals surface area contributed by atoms with Crippen LogP contribution in [0.2, 0.25) is 0 Å². The molecular formula is C15H21NS. The predicted octanol–water partition coefficient (Wildman–Crippen LogP) is 3.03. The summed E-state index contributed by atoms with van der Waals surface area (Å²) < 4.78 is 0.594. The molecule has 1 atom stereocenters. The van der Waals surface area contributed by atoms with Crippen molar-refractivity contribution in [3.63, 3.8) is 0 Å². The molecule has 2 aliphatic rings. The van der Waals surface area contributed by atoms with E-state index in [4.69, 9.17) is 0 Å². The molecular weight excluding hydrogens is 226 g/mol. The molecule has 1 saturated carbocycles. The molecule has 92 valence electrons. The lowest BCUT2D eigenvalue weighted by atomic mass is 9.88. The van der Waals surface area contributed by atoms with Crippen LogP contribution in [0.15, 0.2) is 24.3 Å². The van der Waals surface area contributed by atoms with Crippen molar-refractivity contribution in [1.82, 2.24) is 5.32 Å². The van der Waals surface area contributed by atoms with Crippen molar-refractivity contribution in [2.45, 2.75) is 42.9 Å². The summed E-state index contributed by atoms with van der Waals surface area (Å²) in [4.78, 5) is 0. The van der Waals surface area contributed by atoms with Gasteiger partial charge in [0.1, 0.15) is 0 Å². The zero-order valence-electron chi connectivity index (χ0n) is 10.5. The van der Waals surface area contributed by atoms with E-state index in [1.807, 2.05) is 11.8 Å². The Labute approximate surface area is 108 Å². The largest absolute Gasteiger partial charge is 0.312 e. The van der Waals surface area contributed by atoms with Gasteiger partial charge >= 0.3 is 0 Å². The van der Waals surface area contributed by atoms with Gasteiger partial charge in [-0.15, -0.1) is 0 Å². The lowest BCUT2D eigenvalue weighted by molar-refractivity contribution is 0.456. The second kappa shape index (κ2) is 4.66. The molecule has 1 N–H and O–H groups in total. The molecule has 1 aromatic rings. The van der Waals surface area contributed by atoms with Crippen LogP contribution < -0.4 is 5.32 Å². The molecule has 0 spiro atoms. The fraction of sp³-hybridized carbons (Fsp3) is 0.600. The fourth-order valence-electron chi connectivity index (χ4n) is 2.79. The topological polar surface area (TPSA) is 12.0 Å². The van der Waals surface area contributed by atoms with Crippen LogP contribution in [0.3, 0.4) is 0 Å². The van der Waals surface area contributed by atoms with E-state index in [-0.39, 0.29) is 0 Å². The normalized spacial score (nSPS) is 25.4. The van der Waals surface area contributed by atoms with Crippen molar-refractivity contribution in [3.8, 4) is 0 Å². The van der Waals surface area contributed by atoms with E-state index in [0.717, 1.165) is 0 Å². The fourth-order valence-corrected chi connectivity index (χ4v) is 3.53. The summed E-state index contributed by atoms with van der Waals surface area (Å²) in [6.45, 7) is 1.21. The summed E-state index contributed by atoms with van der Waals surface area (Å²) in [7, 11) is 0. The Bertz CT molecular complexity index is 398. The van der Waals surface area contributed by atoms with Crippen LogP contribution in [0.1, 0.15) is 30.4 Å². The Morgan fingerprint density at radius 3 is 2.76 bits per heavy atom. The molecule has 1 nitrogen and oxygen atoms in total. The molecule has 2 aliphatic carbocycles. The van der Waals surface area contributed by atoms with Crippen molar-refractivity contribution >= 4 is 11.8 Å². The number of fused-ring (bicyclic) bond motifs is 1. The quantitative estimate of drug-likeness (QED) is 0.878. The Balaban J connectivity index is 1.57. The van der Waals surface area contributed by atoms with E-state index in [2.05, 4.69) is 35.8 Å². The third-order valence-electron chi connectivity index (χ3n) is 4.30. The molecule has 0 aromatic heterocycles. The summed E-state index contributed by atoms with van der Waals surface area (Å²) in [6, 6.07) is 9.63. The first kappa shape index (κ1) is 11.6. The summed E-state index contributed by atoms with van der Waals surface area (Å²) in [6.07, 6.45) is 8.85. The number of thioether (sulfide) groups is 1. The molecule has 0 amide bonds. The SMILES string of the molecule is CSC1(CNC2CCc3ccccc3C2)CC1. The standard InChI is InChI=1S/C15H21NS/c1-17-15(8-9-15)11-16-14-7-6-12-4-2-3-5-13(12)10-14/h2-5,14,16H,6-11H2,1H3. The summed E-state index contributed by atoms with van der Waals surface area (Å²) in [5.41, 5.74) is 3.13. The second-order valence-electron chi connectivity index (χ2n) is 5.48. The van der Waals surface area contributed by atoms with E-state index in [9.17, 15) is 0 Å². The molecule has 0 saturated heterocycles. The van der Waals surface area contributed by atoms with E-state index < -0.39 is 0 Å². The highest BCUT2D eigenvalue weighted by Gasteiger charge is 2.41. The lowest BCUT2D eigenvalue weighted by Gasteiger charge is -2.27. The highest BCUT2D eigenvalue weighted by atomic mass is 32.2. The van der Waals surface area contributed by atoms with Crippen LogP contribution in [0.25, 0.3) is 0 Å². The third-order valence-corrected chi connectivity index (χ3v) is 5.72. The molecule has 0 heterocycles. The molecule has 0 aliphatic heterocycles. The van der Waals surface area contributed by atoms with Gasteiger partial charge in [-0.2, -0.15) is 11.8 Å². The number of nitrogens with one attached hydrogen (secondary N) is 1. The first-order valence-corrected chi connectivity index (χ1v) is 7.89. The monoisotopic (exact) mass is 247 g/mol. The maximum absolute atomic E-state index is 3.80. The Morgan fingerprint density at radius 2 is 2.06 bits per heavy atom. The van der Waals surface area contributed by atoms with Crippen molar-refractivity contribution < 1.29 is 0 Å². The van der Waals surface area contributed by atoms with Crippen LogP contribution in [-0.4, -0.2) is 23.6 Å². The predicted molar refractivity (Wildman–Crippen MR) is 75.7 cm³/mol. The Kier molecular flexibility index (Phi) is 3.18. The van der Waals surface area contributed by atoms with Gasteiger partial charge in [-0.3, -0.25) is 0 Å². The number of hydrogen-bond acceptors (Lipinski definition) is 2. The molecule has 3 rings (SSSR count). The van der Waals surface area contributed by atoms with Crippen molar-refractivity contribution in [1.29, 1.82) is 0 Å². The van der Waals surface area contributed by atoms with E-state index >= 15 is 0 Å². The van der Waals surface area contributed by atoms with Crippen molar-refractivity contribution in [2.75, 3.05) is 12.8 Å². The van der Waals surface area contributed by atoms with Gasteiger partial charge < -0.3 is 5.32 Å². The molecule has 0 radical (unpaired) electrons. The van der Waals surface area contributed by atoms with E-state index in [1.54, 1.807) is 11.1 Å². The average Bonchev–Trinajstić information content (AvgIpc) is 3.17. The van der Waals surface area contributed by atoms with Crippen LogP contribution >= 0.6 is 11.8 Å². The molecule has 1 unspecified atom stereocenters. The number of benzene rings is 1. The molecule has 1 fully saturated rings. The summed E-state index contributed by atoms with van der Waals surface area (Å²) >= 11 is 2.05. The number of rotatable bonds is 4. The first-order chi connectivity index (χ1) is 8.31. The maximum atomic E-state index is 3.80. The van der Waals surface area contributed by atoms with Crippen molar-refractivity contribution in [2.24, 2.45) is 0 Å². The molecule has 1 aromatic carbocycles. The maximum Gasteiger partial charge on any atom is 0.0282 e. The van der Waals surface area contributed by atoms with Gasteiger partial charge in [0.05, 0.1) is 0 Å². The van der Waals surface area contributed by atoms with Crippen LogP contribution in [-0.2, 0) is 12.8 Å². The first-order valence-electron chi connectivity index (χ1n) is 6.67. The highest BCUT2D eigenvalue weighted by Crippen LogP contribution is 2.46. The molecule has 0 bridgehead atoms. The summed E-state index contributed by atoms with van der Waals surface area (Å²) in [5.74, 6) is 0. The minimum absolute atomic E-state index is 0.594. The summed E-state index contributed by atoms with van der Waals surface area (Å²) in [5, 5.41) is 3.80. The van der Waals surface area contributed by atoms with Crippen LogP contribution in [0.5, 0.6) is 0 Å². The third kappa shape index (κ3) is 2.53. The molecule has 2 heteroatoms. The van der Waals surface area contributed by atoms with Gasteiger partial charge in [-0.05, 0) is 49.5 Å². The van der Waals surface area contributed by atoms with Crippen LogP contribution in [0, 0.1) is 0 Å². The van der Waals surface area contributed by atoms with Gasteiger partial charge in [-0.1, -0.05) is 24.3 Å². The van der Waals surface area contributed by atoms with Gasteiger partial charge in [0, 0.05) is 17.3 Å². The van der Waals surface area contributed by atoms with E-state index in [0.29, 0.717) is 10.8 Å². The Morgan fingerprint density at radius 1 is 1.29 bits per heavy atom. The molecule has 17 heavy (non-hydrogen) atoms. The minimum Gasteiger partial charge on any atom is -0.312 e. The minimum atomic E-state index is 0.594. The van der Waals surface area contributed by atoms with Gasteiger partial charge in [0.2, 0.25) is 0 Å². The van der Waals surface area contributed by atoms with Crippen LogP contribution in [0.4, 0.5) is 0 Å². The smallest absolute Gasteiger partial charge is 0.0282 e. The second-order valence-corrected chi connectivity index (χ2v) is 6.75.